The van der Waals surface area contributed by atoms with E-state index < -0.39 is 29.1 Å². The highest BCUT2D eigenvalue weighted by Gasteiger charge is 2.33. The van der Waals surface area contributed by atoms with E-state index in [1.807, 2.05) is 0 Å². The third kappa shape index (κ3) is 4.93. The minimum Gasteiger partial charge on any atom is -0.321 e. The molecule has 1 amide bonds. The maximum Gasteiger partial charge on any atom is 0.418 e. The molecule has 0 bridgehead atoms. The molecule has 2 rings (SSSR count). The summed E-state index contributed by atoms with van der Waals surface area (Å²) in [6, 6.07) is 10.9. The number of carbonyl (C=O) groups excluding carboxylic acids is 2. The summed E-state index contributed by atoms with van der Waals surface area (Å²) in [4.78, 5) is 24.1. The molecule has 2 aromatic carbocycles. The molecule has 0 fully saturated rings. The van der Waals surface area contributed by atoms with Gasteiger partial charge in [-0.1, -0.05) is 35.9 Å². The third-order valence-electron chi connectivity index (χ3n) is 3.29. The Hall–Kier alpha value is -2.60. The van der Waals surface area contributed by atoms with Gasteiger partial charge in [0.25, 0.3) is 5.91 Å². The SMILES string of the molecule is CC(=O)/C(=C\c1ccc(Cl)cc1)C(=O)Nc1ccccc1C(F)(F)F. The largest absolute Gasteiger partial charge is 0.418 e. The normalized spacial score (nSPS) is 12.0. The van der Waals surface area contributed by atoms with Gasteiger partial charge >= 0.3 is 6.18 Å². The van der Waals surface area contributed by atoms with Gasteiger partial charge in [-0.25, -0.2) is 0 Å². The van der Waals surface area contributed by atoms with Crippen LogP contribution in [0.15, 0.2) is 54.1 Å². The van der Waals surface area contributed by atoms with Crippen LogP contribution in [0.5, 0.6) is 0 Å². The zero-order valence-electron chi connectivity index (χ0n) is 13.0. The van der Waals surface area contributed by atoms with E-state index in [0.29, 0.717) is 10.6 Å². The highest BCUT2D eigenvalue weighted by atomic mass is 35.5. The quantitative estimate of drug-likeness (QED) is 0.471. The van der Waals surface area contributed by atoms with Gasteiger partial charge in [-0.2, -0.15) is 13.2 Å². The van der Waals surface area contributed by atoms with E-state index in [1.165, 1.54) is 18.2 Å². The van der Waals surface area contributed by atoms with Crippen molar-refractivity contribution in [1.82, 2.24) is 0 Å². The number of rotatable bonds is 4. The first-order valence-corrected chi connectivity index (χ1v) is 7.52. The summed E-state index contributed by atoms with van der Waals surface area (Å²) in [5.74, 6) is -1.49. The molecule has 1 N–H and O–H groups in total. The summed E-state index contributed by atoms with van der Waals surface area (Å²) in [5, 5.41) is 2.63. The van der Waals surface area contributed by atoms with E-state index in [2.05, 4.69) is 5.32 Å². The molecule has 7 heteroatoms. The molecule has 0 spiro atoms. The number of alkyl halides is 3. The molecular formula is C18H13ClF3NO2. The molecular weight excluding hydrogens is 355 g/mol. The van der Waals surface area contributed by atoms with Crippen LogP contribution in [0.3, 0.4) is 0 Å². The second-order valence-corrected chi connectivity index (χ2v) is 5.60. The lowest BCUT2D eigenvalue weighted by Crippen LogP contribution is -2.21. The first-order chi connectivity index (χ1) is 11.7. The van der Waals surface area contributed by atoms with E-state index in [1.54, 1.807) is 24.3 Å². The second kappa shape index (κ2) is 7.53. The average molecular weight is 368 g/mol. The summed E-state index contributed by atoms with van der Waals surface area (Å²) < 4.78 is 39.0. The molecule has 0 radical (unpaired) electrons. The van der Waals surface area contributed by atoms with Gasteiger partial charge < -0.3 is 5.32 Å². The summed E-state index contributed by atoms with van der Waals surface area (Å²) in [6.07, 6.45) is -3.33. The molecule has 3 nitrogen and oxygen atoms in total. The van der Waals surface area contributed by atoms with E-state index >= 15 is 0 Å². The molecule has 0 unspecified atom stereocenters. The predicted octanol–water partition coefficient (Wildman–Crippen LogP) is 4.97. The van der Waals surface area contributed by atoms with Crippen molar-refractivity contribution in [3.8, 4) is 0 Å². The lowest BCUT2D eigenvalue weighted by molar-refractivity contribution is -0.137. The summed E-state index contributed by atoms with van der Waals surface area (Å²) in [5.41, 5.74) is -1.14. The zero-order valence-corrected chi connectivity index (χ0v) is 13.8. The Labute approximate surface area is 147 Å². The van der Waals surface area contributed by atoms with Gasteiger partial charge in [0.1, 0.15) is 0 Å². The van der Waals surface area contributed by atoms with Crippen LogP contribution in [-0.4, -0.2) is 11.7 Å². The highest BCUT2D eigenvalue weighted by Crippen LogP contribution is 2.34. The molecule has 0 aliphatic rings. The molecule has 0 aliphatic heterocycles. The van der Waals surface area contributed by atoms with Crippen molar-refractivity contribution < 1.29 is 22.8 Å². The summed E-state index contributed by atoms with van der Waals surface area (Å²) in [7, 11) is 0. The number of hydrogen-bond acceptors (Lipinski definition) is 2. The van der Waals surface area contributed by atoms with Crippen molar-refractivity contribution in [1.29, 1.82) is 0 Å². The number of amides is 1. The Bertz CT molecular complexity index is 827. The Morgan fingerprint density at radius 3 is 2.20 bits per heavy atom. The lowest BCUT2D eigenvalue weighted by atomic mass is 10.1. The fraction of sp³-hybridized carbons (Fsp3) is 0.111. The zero-order chi connectivity index (χ0) is 18.6. The van der Waals surface area contributed by atoms with Crippen LogP contribution >= 0.6 is 11.6 Å². The molecule has 0 atom stereocenters. The number of halogens is 4. The number of hydrogen-bond donors (Lipinski definition) is 1. The van der Waals surface area contributed by atoms with Crippen molar-refractivity contribution in [2.75, 3.05) is 5.32 Å². The predicted molar refractivity (Wildman–Crippen MR) is 90.2 cm³/mol. The molecule has 0 aliphatic carbocycles. The number of benzene rings is 2. The molecule has 0 saturated carbocycles. The standard InChI is InChI=1S/C18H13ClF3NO2/c1-11(24)14(10-12-6-8-13(19)9-7-12)17(25)23-16-5-3-2-4-15(16)18(20,21)22/h2-10H,1H3,(H,23,25)/b14-10+. The van der Waals surface area contributed by atoms with Gasteiger partial charge in [-0.3, -0.25) is 9.59 Å². The fourth-order valence-electron chi connectivity index (χ4n) is 2.08. The van der Waals surface area contributed by atoms with E-state index in [4.69, 9.17) is 11.6 Å². The number of anilines is 1. The van der Waals surface area contributed by atoms with Crippen LogP contribution < -0.4 is 5.32 Å². The minimum atomic E-state index is -4.62. The fourth-order valence-corrected chi connectivity index (χ4v) is 2.21. The van der Waals surface area contributed by atoms with Gasteiger partial charge in [-0.15, -0.1) is 0 Å². The number of ketones is 1. The van der Waals surface area contributed by atoms with Crippen molar-refractivity contribution in [2.24, 2.45) is 0 Å². The first kappa shape index (κ1) is 18.7. The van der Waals surface area contributed by atoms with Crippen molar-refractivity contribution in [2.45, 2.75) is 13.1 Å². The van der Waals surface area contributed by atoms with E-state index in [-0.39, 0.29) is 5.57 Å². The maximum absolute atomic E-state index is 13.0. The van der Waals surface area contributed by atoms with Gasteiger partial charge in [0.2, 0.25) is 0 Å². The van der Waals surface area contributed by atoms with Crippen LogP contribution in [0.1, 0.15) is 18.1 Å². The molecule has 0 heterocycles. The number of para-hydroxylation sites is 1. The summed E-state index contributed by atoms with van der Waals surface area (Å²) in [6.45, 7) is 1.16. The average Bonchev–Trinajstić information content (AvgIpc) is 2.53. The first-order valence-electron chi connectivity index (χ1n) is 7.14. The van der Waals surface area contributed by atoms with Gasteiger partial charge in [0.15, 0.2) is 5.78 Å². The van der Waals surface area contributed by atoms with Crippen LogP contribution in [0.25, 0.3) is 6.08 Å². The molecule has 25 heavy (non-hydrogen) atoms. The topological polar surface area (TPSA) is 46.2 Å². The number of nitrogens with one attached hydrogen (secondary N) is 1. The monoisotopic (exact) mass is 367 g/mol. The van der Waals surface area contributed by atoms with Crippen molar-refractivity contribution >= 4 is 35.1 Å². The van der Waals surface area contributed by atoms with Gasteiger partial charge in [0, 0.05) is 5.02 Å². The van der Waals surface area contributed by atoms with Crippen LogP contribution in [0.4, 0.5) is 18.9 Å². The van der Waals surface area contributed by atoms with Crippen molar-refractivity contribution in [3.05, 3.63) is 70.3 Å². The van der Waals surface area contributed by atoms with E-state index in [0.717, 1.165) is 19.1 Å². The summed E-state index contributed by atoms with van der Waals surface area (Å²) >= 11 is 5.77. The van der Waals surface area contributed by atoms with Crippen LogP contribution in [-0.2, 0) is 15.8 Å². The highest BCUT2D eigenvalue weighted by molar-refractivity contribution is 6.30. The Morgan fingerprint density at radius 1 is 1.04 bits per heavy atom. The molecule has 0 aromatic heterocycles. The lowest BCUT2D eigenvalue weighted by Gasteiger charge is -2.14. The van der Waals surface area contributed by atoms with Crippen molar-refractivity contribution in [3.63, 3.8) is 0 Å². The van der Waals surface area contributed by atoms with Crippen LogP contribution in [0, 0.1) is 0 Å². The molecule has 130 valence electrons. The van der Waals surface area contributed by atoms with E-state index in [9.17, 15) is 22.8 Å². The Morgan fingerprint density at radius 2 is 1.64 bits per heavy atom. The Balaban J connectivity index is 2.34. The third-order valence-corrected chi connectivity index (χ3v) is 3.54. The number of carbonyl (C=O) groups is 2. The second-order valence-electron chi connectivity index (χ2n) is 5.16. The number of Topliss-reactive ketones (excluding diaryl/α,β-unsaturated/α-hetero) is 1. The maximum atomic E-state index is 13.0. The van der Waals surface area contributed by atoms with Gasteiger partial charge in [0.05, 0.1) is 16.8 Å². The Kier molecular flexibility index (Phi) is 5.64. The molecule has 2 aromatic rings. The minimum absolute atomic E-state index is 0.265. The smallest absolute Gasteiger partial charge is 0.321 e. The molecule has 0 saturated heterocycles. The van der Waals surface area contributed by atoms with Crippen LogP contribution in [0.2, 0.25) is 5.02 Å². The van der Waals surface area contributed by atoms with Gasteiger partial charge in [-0.05, 0) is 42.8 Å².